The van der Waals surface area contributed by atoms with Crippen molar-refractivity contribution < 1.29 is 28.6 Å². The summed E-state index contributed by atoms with van der Waals surface area (Å²) >= 11 is 0. The average Bonchev–Trinajstić information content (AvgIpc) is 3.40. The molecule has 0 N–H and O–H groups in total. The van der Waals surface area contributed by atoms with E-state index in [1.165, 1.54) is 218 Å². The highest BCUT2D eigenvalue weighted by atomic mass is 16.6. The SMILES string of the molecule is CC/C=C\C/C=C\C/C=C\C/C=C\CCCCCCCCCCC(=O)OC(COC(=O)CCCCCCCCC)COC(=O)CCCCCCCCCCCCCCCCCCCCCCCCCCCCCC. The standard InChI is InChI=1S/C68H124O6/c1-4-7-10-13-16-18-20-22-24-26-28-30-31-32-33-34-35-36-38-39-41-43-45-47-49-52-55-58-61-67(70)73-64-65(63-72-66(69)60-57-54-51-15-12-9-6-3)74-68(71)62-59-56-53-50-48-46-44-42-40-37-29-27-25-23-21-19-17-14-11-8-5-2/h8,11,17,19,23,25,29,37,65H,4-7,9-10,12-16,18,20-22,24,26-28,30-36,38-64H2,1-3H3/b11-8-,19-17-,25-23-,37-29-. The number of allylic oxidation sites excluding steroid dienone is 8. The van der Waals surface area contributed by atoms with Crippen LogP contribution in [0.4, 0.5) is 0 Å². The van der Waals surface area contributed by atoms with Crippen LogP contribution in [0.5, 0.6) is 0 Å². The molecule has 0 saturated carbocycles. The predicted octanol–water partition coefficient (Wildman–Crippen LogP) is 22.2. The van der Waals surface area contributed by atoms with E-state index in [1.54, 1.807) is 0 Å². The van der Waals surface area contributed by atoms with Gasteiger partial charge in [-0.05, 0) is 57.8 Å². The lowest BCUT2D eigenvalue weighted by molar-refractivity contribution is -0.167. The largest absolute Gasteiger partial charge is 0.462 e. The van der Waals surface area contributed by atoms with E-state index in [0.717, 1.165) is 89.9 Å². The van der Waals surface area contributed by atoms with Gasteiger partial charge in [-0.15, -0.1) is 0 Å². The number of carbonyl (C=O) groups is 3. The number of esters is 3. The van der Waals surface area contributed by atoms with Gasteiger partial charge in [0.25, 0.3) is 0 Å². The maximum Gasteiger partial charge on any atom is 0.306 e. The van der Waals surface area contributed by atoms with Gasteiger partial charge in [0.15, 0.2) is 6.10 Å². The van der Waals surface area contributed by atoms with Crippen LogP contribution in [0.25, 0.3) is 0 Å². The summed E-state index contributed by atoms with van der Waals surface area (Å²) in [6, 6.07) is 0. The Morgan fingerprint density at radius 3 is 0.824 bits per heavy atom. The number of rotatable bonds is 60. The Kier molecular flexibility index (Phi) is 60.7. The van der Waals surface area contributed by atoms with Crippen molar-refractivity contribution in [3.8, 4) is 0 Å². The zero-order chi connectivity index (χ0) is 53.6. The van der Waals surface area contributed by atoms with Crippen molar-refractivity contribution in [1.82, 2.24) is 0 Å². The second-order valence-electron chi connectivity index (χ2n) is 22.0. The first-order chi connectivity index (χ1) is 36.5. The summed E-state index contributed by atoms with van der Waals surface area (Å²) in [4.78, 5) is 38.1. The Balaban J connectivity index is 4.06. The molecule has 0 aromatic rings. The van der Waals surface area contributed by atoms with Crippen LogP contribution < -0.4 is 0 Å². The van der Waals surface area contributed by atoms with Crippen molar-refractivity contribution in [3.63, 3.8) is 0 Å². The molecule has 0 aromatic heterocycles. The van der Waals surface area contributed by atoms with E-state index in [0.29, 0.717) is 19.3 Å². The van der Waals surface area contributed by atoms with Crippen LogP contribution in [0.1, 0.15) is 348 Å². The van der Waals surface area contributed by atoms with Gasteiger partial charge in [-0.1, -0.05) is 320 Å². The molecule has 0 fully saturated rings. The fraction of sp³-hybridized carbons (Fsp3) is 0.838. The quantitative estimate of drug-likeness (QED) is 0.0261. The summed E-state index contributed by atoms with van der Waals surface area (Å²) in [6.07, 6.45) is 78.7. The molecule has 6 heteroatoms. The van der Waals surface area contributed by atoms with Gasteiger partial charge >= 0.3 is 17.9 Å². The van der Waals surface area contributed by atoms with Crippen LogP contribution in [0.3, 0.4) is 0 Å². The van der Waals surface area contributed by atoms with Crippen molar-refractivity contribution in [2.75, 3.05) is 13.2 Å². The molecule has 0 saturated heterocycles. The number of hydrogen-bond donors (Lipinski definition) is 0. The Bertz CT molecular complexity index is 1280. The molecule has 0 rings (SSSR count). The van der Waals surface area contributed by atoms with Crippen LogP contribution in [0.15, 0.2) is 48.6 Å². The number of hydrogen-bond acceptors (Lipinski definition) is 6. The third-order valence-electron chi connectivity index (χ3n) is 14.6. The molecule has 432 valence electrons. The molecule has 74 heavy (non-hydrogen) atoms. The van der Waals surface area contributed by atoms with E-state index in [2.05, 4.69) is 69.4 Å². The van der Waals surface area contributed by atoms with Crippen LogP contribution >= 0.6 is 0 Å². The smallest absolute Gasteiger partial charge is 0.306 e. The lowest BCUT2D eigenvalue weighted by atomic mass is 10.0. The molecule has 0 aliphatic rings. The normalized spacial score (nSPS) is 12.3. The Labute approximate surface area is 460 Å². The first-order valence-electron chi connectivity index (χ1n) is 32.6. The molecule has 1 unspecified atom stereocenters. The van der Waals surface area contributed by atoms with Crippen LogP contribution in [-0.4, -0.2) is 37.2 Å². The predicted molar refractivity (Wildman–Crippen MR) is 321 cm³/mol. The van der Waals surface area contributed by atoms with Gasteiger partial charge in [-0.2, -0.15) is 0 Å². The molecule has 0 aliphatic heterocycles. The Morgan fingerprint density at radius 2 is 0.527 bits per heavy atom. The van der Waals surface area contributed by atoms with E-state index >= 15 is 0 Å². The van der Waals surface area contributed by atoms with E-state index in [4.69, 9.17) is 14.2 Å². The van der Waals surface area contributed by atoms with Gasteiger partial charge in [-0.25, -0.2) is 0 Å². The van der Waals surface area contributed by atoms with Crippen LogP contribution in [0.2, 0.25) is 0 Å². The van der Waals surface area contributed by atoms with Crippen molar-refractivity contribution >= 4 is 17.9 Å². The molecular weight excluding hydrogens is 913 g/mol. The topological polar surface area (TPSA) is 78.9 Å². The van der Waals surface area contributed by atoms with Crippen molar-refractivity contribution in [2.45, 2.75) is 354 Å². The maximum atomic E-state index is 12.9. The van der Waals surface area contributed by atoms with Crippen LogP contribution in [0, 0.1) is 0 Å². The highest BCUT2D eigenvalue weighted by molar-refractivity contribution is 5.71. The maximum absolute atomic E-state index is 12.9. The minimum atomic E-state index is -0.773. The zero-order valence-electron chi connectivity index (χ0n) is 49.6. The van der Waals surface area contributed by atoms with Gasteiger partial charge in [0.05, 0.1) is 0 Å². The van der Waals surface area contributed by atoms with Crippen molar-refractivity contribution in [1.29, 1.82) is 0 Å². The van der Waals surface area contributed by atoms with Gasteiger partial charge < -0.3 is 14.2 Å². The molecular formula is C68H124O6. The summed E-state index contributed by atoms with van der Waals surface area (Å²) in [7, 11) is 0. The minimum Gasteiger partial charge on any atom is -0.462 e. The summed E-state index contributed by atoms with van der Waals surface area (Å²) in [6.45, 7) is 6.53. The lowest BCUT2D eigenvalue weighted by Gasteiger charge is -2.18. The molecule has 1 atom stereocenters. The third-order valence-corrected chi connectivity index (χ3v) is 14.6. The molecule has 0 radical (unpaired) electrons. The number of unbranched alkanes of at least 4 members (excludes halogenated alkanes) is 41. The third kappa shape index (κ3) is 60.2. The molecule has 6 nitrogen and oxygen atoms in total. The van der Waals surface area contributed by atoms with Crippen molar-refractivity contribution in [2.24, 2.45) is 0 Å². The fourth-order valence-electron chi connectivity index (χ4n) is 9.73. The number of carbonyl (C=O) groups excluding carboxylic acids is 3. The van der Waals surface area contributed by atoms with Gasteiger partial charge in [-0.3, -0.25) is 14.4 Å². The second kappa shape index (κ2) is 62.9. The van der Waals surface area contributed by atoms with Crippen LogP contribution in [-0.2, 0) is 28.6 Å². The Hall–Kier alpha value is -2.63. The van der Waals surface area contributed by atoms with E-state index in [9.17, 15) is 14.4 Å². The van der Waals surface area contributed by atoms with Gasteiger partial charge in [0, 0.05) is 19.3 Å². The second-order valence-corrected chi connectivity index (χ2v) is 22.0. The highest BCUT2D eigenvalue weighted by Crippen LogP contribution is 2.18. The average molecular weight is 1040 g/mol. The molecule has 0 amide bonds. The van der Waals surface area contributed by atoms with E-state index in [-0.39, 0.29) is 31.1 Å². The highest BCUT2D eigenvalue weighted by Gasteiger charge is 2.19. The number of ether oxygens (including phenoxy) is 3. The first kappa shape index (κ1) is 71.4. The first-order valence-corrected chi connectivity index (χ1v) is 32.6. The minimum absolute atomic E-state index is 0.0723. The van der Waals surface area contributed by atoms with E-state index < -0.39 is 6.10 Å². The van der Waals surface area contributed by atoms with Gasteiger partial charge in [0.2, 0.25) is 0 Å². The molecule has 0 bridgehead atoms. The molecule has 0 aromatic carbocycles. The fourth-order valence-corrected chi connectivity index (χ4v) is 9.73. The molecule has 0 aliphatic carbocycles. The molecule has 0 spiro atoms. The molecule has 0 heterocycles. The van der Waals surface area contributed by atoms with Crippen molar-refractivity contribution in [3.05, 3.63) is 48.6 Å². The monoisotopic (exact) mass is 1040 g/mol. The van der Waals surface area contributed by atoms with Gasteiger partial charge in [0.1, 0.15) is 13.2 Å². The zero-order valence-corrected chi connectivity index (χ0v) is 49.6. The van der Waals surface area contributed by atoms with E-state index in [1.807, 2.05) is 0 Å². The summed E-state index contributed by atoms with van der Waals surface area (Å²) in [5.41, 5.74) is 0. The Morgan fingerprint density at radius 1 is 0.284 bits per heavy atom. The summed E-state index contributed by atoms with van der Waals surface area (Å²) in [5.74, 6) is -0.868. The summed E-state index contributed by atoms with van der Waals surface area (Å²) in [5, 5.41) is 0. The summed E-state index contributed by atoms with van der Waals surface area (Å²) < 4.78 is 16.8. The lowest BCUT2D eigenvalue weighted by Crippen LogP contribution is -2.30.